The molecule has 0 aliphatic carbocycles. The van der Waals surface area contributed by atoms with Gasteiger partial charge in [-0.25, -0.2) is 8.78 Å². The first-order valence-electron chi connectivity index (χ1n) is 10.7. The Labute approximate surface area is 197 Å². The Morgan fingerprint density at radius 1 is 1.32 bits per heavy atom. The number of hydrogen-bond donors (Lipinski definition) is 2. The molecule has 2 amide bonds. The second-order valence-electron chi connectivity index (χ2n) is 8.00. The lowest BCUT2D eigenvalue weighted by atomic mass is 10.0. The first-order chi connectivity index (χ1) is 15.9. The highest BCUT2D eigenvalue weighted by atomic mass is 32.3. The third-order valence-corrected chi connectivity index (χ3v) is 6.33. The minimum Gasteiger partial charge on any atom is -0.388 e. The number of allylic oxidation sites excluding steroid dienone is 1. The summed E-state index contributed by atoms with van der Waals surface area (Å²) < 4.78 is 61.8. The maximum absolute atomic E-state index is 14.0. The third kappa shape index (κ3) is 7.57. The van der Waals surface area contributed by atoms with Gasteiger partial charge in [-0.15, -0.1) is 3.89 Å². The quantitative estimate of drug-likeness (QED) is 0.209. The van der Waals surface area contributed by atoms with E-state index >= 15 is 0 Å². The van der Waals surface area contributed by atoms with Gasteiger partial charge in [0.15, 0.2) is 0 Å². The molecule has 1 unspecified atom stereocenters. The molecule has 1 atom stereocenters. The Balaban J connectivity index is 2.04. The first-order valence-corrected chi connectivity index (χ1v) is 12.3. The van der Waals surface area contributed by atoms with Crippen LogP contribution >= 0.6 is 0 Å². The lowest BCUT2D eigenvalue weighted by Gasteiger charge is -2.24. The number of amides is 2. The zero-order valence-corrected chi connectivity index (χ0v) is 19.9. The molecule has 0 spiro atoms. The van der Waals surface area contributed by atoms with Gasteiger partial charge in [0.25, 0.3) is 11.8 Å². The molecule has 8 nitrogen and oxygen atoms in total. The fourth-order valence-corrected chi connectivity index (χ4v) is 4.46. The van der Waals surface area contributed by atoms with Crippen LogP contribution in [0.5, 0.6) is 0 Å². The second-order valence-corrected chi connectivity index (χ2v) is 9.49. The summed E-state index contributed by atoms with van der Waals surface area (Å²) in [5, 5.41) is 5.44. The normalized spacial score (nSPS) is 18.0. The lowest BCUT2D eigenvalue weighted by molar-refractivity contribution is -0.133. The van der Waals surface area contributed by atoms with Crippen LogP contribution < -0.4 is 10.6 Å². The molecule has 2 N–H and O–H groups in total. The molecule has 0 radical (unpaired) electrons. The highest BCUT2D eigenvalue weighted by molar-refractivity contribution is 7.86. The van der Waals surface area contributed by atoms with E-state index in [1.807, 2.05) is 0 Å². The Morgan fingerprint density at radius 3 is 2.62 bits per heavy atom. The van der Waals surface area contributed by atoms with Crippen molar-refractivity contribution in [3.8, 4) is 0 Å². The van der Waals surface area contributed by atoms with Crippen LogP contribution in [0.1, 0.15) is 38.2 Å². The number of alkyl halides is 2. The number of hydrogen-bond acceptors (Lipinski definition) is 6. The van der Waals surface area contributed by atoms with Gasteiger partial charge in [-0.3, -0.25) is 14.6 Å². The minimum absolute atomic E-state index is 0.0321. The molecule has 1 heterocycles. The number of anilines is 1. The van der Waals surface area contributed by atoms with Crippen LogP contribution in [0.3, 0.4) is 0 Å². The summed E-state index contributed by atoms with van der Waals surface area (Å²) in [5.74, 6) is -5.05. The SMILES string of the molecule is C=Nc1ccc(NC)cc1/C(=C\C)C(=O)NCC(=O)N1CC(F)(F)CC1CCCCS(=O)(=O)F. The van der Waals surface area contributed by atoms with Crippen molar-refractivity contribution >= 4 is 45.7 Å². The van der Waals surface area contributed by atoms with Crippen molar-refractivity contribution < 1.29 is 30.7 Å². The number of carbonyl (C=O) groups excluding carboxylic acids is 2. The van der Waals surface area contributed by atoms with Crippen molar-refractivity contribution in [3.05, 3.63) is 29.8 Å². The average molecular weight is 503 g/mol. The van der Waals surface area contributed by atoms with Crippen molar-refractivity contribution in [3.63, 3.8) is 0 Å². The van der Waals surface area contributed by atoms with E-state index in [2.05, 4.69) is 22.3 Å². The molecule has 2 rings (SSSR count). The molecular weight excluding hydrogens is 473 g/mol. The highest BCUT2D eigenvalue weighted by Gasteiger charge is 2.46. The van der Waals surface area contributed by atoms with Gasteiger partial charge in [-0.1, -0.05) is 12.5 Å². The van der Waals surface area contributed by atoms with Crippen LogP contribution in [0.2, 0.25) is 0 Å². The van der Waals surface area contributed by atoms with E-state index in [1.54, 1.807) is 38.2 Å². The smallest absolute Gasteiger partial charge is 0.302 e. The Hall–Kier alpha value is -2.89. The van der Waals surface area contributed by atoms with Crippen LogP contribution in [0, 0.1) is 0 Å². The van der Waals surface area contributed by atoms with Gasteiger partial charge in [0.1, 0.15) is 0 Å². The number of halogens is 3. The number of carbonyl (C=O) groups is 2. The fourth-order valence-electron chi connectivity index (χ4n) is 3.91. The van der Waals surface area contributed by atoms with E-state index in [9.17, 15) is 30.7 Å². The molecule has 1 aliphatic rings. The Morgan fingerprint density at radius 2 is 2.03 bits per heavy atom. The third-order valence-electron chi connectivity index (χ3n) is 5.55. The topological polar surface area (TPSA) is 108 Å². The molecule has 34 heavy (non-hydrogen) atoms. The van der Waals surface area contributed by atoms with E-state index in [0.29, 0.717) is 11.3 Å². The summed E-state index contributed by atoms with van der Waals surface area (Å²) >= 11 is 0. The molecule has 1 saturated heterocycles. The van der Waals surface area contributed by atoms with Gasteiger partial charge in [0.05, 0.1) is 24.5 Å². The largest absolute Gasteiger partial charge is 0.388 e. The van der Waals surface area contributed by atoms with Gasteiger partial charge in [-0.2, -0.15) is 8.42 Å². The van der Waals surface area contributed by atoms with E-state index < -0.39 is 59.3 Å². The molecule has 1 aromatic carbocycles. The number of aliphatic imine (C=N–C) groups is 1. The number of unbranched alkanes of at least 4 members (excludes halogenated alkanes) is 1. The summed E-state index contributed by atoms with van der Waals surface area (Å²) in [6, 6.07) is 4.32. The number of nitrogens with one attached hydrogen (secondary N) is 2. The Bertz CT molecular complexity index is 1060. The number of nitrogens with zero attached hydrogens (tertiary/aromatic N) is 2. The maximum atomic E-state index is 14.0. The van der Waals surface area contributed by atoms with Gasteiger partial charge in [0, 0.05) is 36.3 Å². The van der Waals surface area contributed by atoms with Crippen molar-refractivity contribution in [2.45, 2.75) is 44.6 Å². The zero-order valence-electron chi connectivity index (χ0n) is 19.1. The van der Waals surface area contributed by atoms with Gasteiger partial charge < -0.3 is 15.5 Å². The van der Waals surface area contributed by atoms with Crippen LogP contribution in [0.25, 0.3) is 5.57 Å². The van der Waals surface area contributed by atoms with E-state index in [0.717, 1.165) is 10.6 Å². The average Bonchev–Trinajstić information content (AvgIpc) is 3.09. The molecular formula is C22H29F3N4O4S. The van der Waals surface area contributed by atoms with E-state index in [4.69, 9.17) is 0 Å². The highest BCUT2D eigenvalue weighted by Crippen LogP contribution is 2.34. The van der Waals surface area contributed by atoms with Gasteiger partial charge in [0.2, 0.25) is 5.91 Å². The predicted molar refractivity (Wildman–Crippen MR) is 126 cm³/mol. The van der Waals surface area contributed by atoms with Crippen LogP contribution in [-0.2, 0) is 19.8 Å². The summed E-state index contributed by atoms with van der Waals surface area (Å²) in [6.07, 6.45) is 1.23. The number of benzene rings is 1. The molecule has 0 aromatic heterocycles. The van der Waals surface area contributed by atoms with Crippen molar-refractivity contribution in [1.29, 1.82) is 0 Å². The standard InChI is InChI=1S/C22H29F3N4O4S/c1-4-17(18-11-15(26-2)8-9-19(18)27-3)21(31)28-13-20(30)29-14-22(23,24)12-16(29)7-5-6-10-34(25,32)33/h4,8-9,11,16,26H,3,5-7,10,12-14H2,1-2H3,(H,28,31)/b17-4+. The molecule has 0 bridgehead atoms. The first kappa shape index (κ1) is 27.4. The molecule has 12 heteroatoms. The number of rotatable bonds is 11. The summed E-state index contributed by atoms with van der Waals surface area (Å²) in [4.78, 5) is 30.4. The minimum atomic E-state index is -4.63. The predicted octanol–water partition coefficient (Wildman–Crippen LogP) is 3.29. The lowest BCUT2D eigenvalue weighted by Crippen LogP contribution is -2.43. The van der Waals surface area contributed by atoms with Crippen LogP contribution in [0.4, 0.5) is 24.0 Å². The Kier molecular flexibility index (Phi) is 9.25. The molecule has 1 fully saturated rings. The monoisotopic (exact) mass is 502 g/mol. The maximum Gasteiger partial charge on any atom is 0.302 e. The molecule has 1 aliphatic heterocycles. The van der Waals surface area contributed by atoms with E-state index in [-0.39, 0.29) is 24.8 Å². The van der Waals surface area contributed by atoms with Crippen molar-refractivity contribution in [2.24, 2.45) is 4.99 Å². The van der Waals surface area contributed by atoms with Gasteiger partial charge in [-0.05, 0) is 44.7 Å². The fraction of sp³-hybridized carbons (Fsp3) is 0.500. The summed E-state index contributed by atoms with van der Waals surface area (Å²) in [7, 11) is -2.91. The second kappa shape index (κ2) is 11.5. The number of likely N-dealkylation sites (tertiary alicyclic amines) is 1. The summed E-state index contributed by atoms with van der Waals surface area (Å²) in [5.41, 5.74) is 1.92. The van der Waals surface area contributed by atoms with Crippen molar-refractivity contribution in [2.75, 3.05) is 31.2 Å². The van der Waals surface area contributed by atoms with Gasteiger partial charge >= 0.3 is 10.2 Å². The van der Waals surface area contributed by atoms with E-state index in [1.165, 1.54) is 0 Å². The molecule has 188 valence electrons. The van der Waals surface area contributed by atoms with Crippen LogP contribution in [-0.4, -0.2) is 69.7 Å². The van der Waals surface area contributed by atoms with Crippen molar-refractivity contribution in [1.82, 2.24) is 10.2 Å². The van der Waals surface area contributed by atoms with Crippen LogP contribution in [0.15, 0.2) is 29.3 Å². The summed E-state index contributed by atoms with van der Waals surface area (Å²) in [6.45, 7) is 3.85. The zero-order chi connectivity index (χ0) is 25.5. The molecule has 0 saturated carbocycles. The molecule has 1 aromatic rings.